The predicted octanol–water partition coefficient (Wildman–Crippen LogP) is 5.51. The van der Waals surface area contributed by atoms with E-state index in [1.165, 1.54) is 63.1 Å². The van der Waals surface area contributed by atoms with Gasteiger partial charge in [0.1, 0.15) is 0 Å². The molecule has 28 heavy (non-hydrogen) atoms. The van der Waals surface area contributed by atoms with Crippen molar-refractivity contribution in [3.8, 4) is 0 Å². The molecule has 3 rings (SSSR count). The maximum atomic E-state index is 12.4. The van der Waals surface area contributed by atoms with Crippen LogP contribution in [0.25, 0.3) is 10.2 Å². The molecule has 1 saturated heterocycles. The summed E-state index contributed by atoms with van der Waals surface area (Å²) >= 11 is 1.26. The Labute approximate surface area is 178 Å². The number of rotatable bonds is 9. The maximum absolute atomic E-state index is 12.4. The molecule has 0 saturated carbocycles. The van der Waals surface area contributed by atoms with Gasteiger partial charge in [-0.05, 0) is 69.9 Å². The molecule has 1 aliphatic heterocycles. The number of ketones is 1. The highest BCUT2D eigenvalue weighted by molar-refractivity contribution is 7.16. The van der Waals surface area contributed by atoms with Crippen LogP contribution in [0.2, 0.25) is 0 Å². The molecule has 0 unspecified atom stereocenters. The van der Waals surface area contributed by atoms with E-state index in [1.54, 1.807) is 0 Å². The number of hydrogen-bond donors (Lipinski definition) is 0. The standard InChI is InChI=1S/C22H32N2O2S.ClH/c1-2-10-20(25)18-11-12-19-21(17-18)27-22(26)24(19)16-9-5-8-15-23-13-6-3-4-7-14-23;/h11-12,17H,2-10,13-16H2,1H3;1H. The summed E-state index contributed by atoms with van der Waals surface area (Å²) in [6, 6.07) is 5.73. The molecule has 6 heteroatoms. The highest BCUT2D eigenvalue weighted by Crippen LogP contribution is 2.21. The van der Waals surface area contributed by atoms with Crippen LogP contribution in [-0.2, 0) is 6.54 Å². The molecule has 1 aliphatic rings. The van der Waals surface area contributed by atoms with Crippen molar-refractivity contribution in [3.63, 3.8) is 0 Å². The predicted molar refractivity (Wildman–Crippen MR) is 121 cm³/mol. The summed E-state index contributed by atoms with van der Waals surface area (Å²) in [5.41, 5.74) is 1.71. The molecule has 0 amide bonds. The molecule has 0 aliphatic carbocycles. The fourth-order valence-electron chi connectivity index (χ4n) is 3.96. The summed E-state index contributed by atoms with van der Waals surface area (Å²) in [7, 11) is 0. The van der Waals surface area contributed by atoms with Crippen LogP contribution < -0.4 is 4.87 Å². The van der Waals surface area contributed by atoms with E-state index < -0.39 is 0 Å². The fraction of sp³-hybridized carbons (Fsp3) is 0.636. The summed E-state index contributed by atoms with van der Waals surface area (Å²) < 4.78 is 2.83. The number of carbonyl (C=O) groups excluding carboxylic acids is 1. The number of thiazole rings is 1. The van der Waals surface area contributed by atoms with Crippen LogP contribution in [-0.4, -0.2) is 34.9 Å². The molecule has 0 N–H and O–H groups in total. The van der Waals surface area contributed by atoms with Gasteiger partial charge >= 0.3 is 4.87 Å². The van der Waals surface area contributed by atoms with Crippen molar-refractivity contribution in [2.24, 2.45) is 0 Å². The first kappa shape index (κ1) is 23.1. The molecule has 1 aromatic carbocycles. The third-order valence-corrected chi connectivity index (χ3v) is 6.46. The summed E-state index contributed by atoms with van der Waals surface area (Å²) in [4.78, 5) is 27.2. The zero-order valence-corrected chi connectivity index (χ0v) is 18.6. The SMILES string of the molecule is CCCC(=O)c1ccc2c(c1)sc(=O)n2CCCCCN1CCCCCC1.Cl. The quantitative estimate of drug-likeness (QED) is 0.393. The molecule has 0 bridgehead atoms. The monoisotopic (exact) mass is 424 g/mol. The number of Topliss-reactive ketones (excluding diaryl/α,β-unsaturated/α-hetero) is 1. The van der Waals surface area contributed by atoms with Crippen molar-refractivity contribution in [1.82, 2.24) is 9.47 Å². The number of aryl methyl sites for hydroxylation is 1. The first-order chi connectivity index (χ1) is 13.2. The van der Waals surface area contributed by atoms with Crippen LogP contribution in [0.3, 0.4) is 0 Å². The smallest absolute Gasteiger partial charge is 0.303 e. The van der Waals surface area contributed by atoms with E-state index in [0.29, 0.717) is 6.42 Å². The van der Waals surface area contributed by atoms with Gasteiger partial charge in [-0.1, -0.05) is 37.5 Å². The molecule has 0 spiro atoms. The number of likely N-dealkylation sites (tertiary alicyclic amines) is 1. The van der Waals surface area contributed by atoms with E-state index >= 15 is 0 Å². The highest BCUT2D eigenvalue weighted by atomic mass is 35.5. The van der Waals surface area contributed by atoms with E-state index in [9.17, 15) is 9.59 Å². The normalized spacial score (nSPS) is 15.3. The Morgan fingerprint density at radius 1 is 1.04 bits per heavy atom. The van der Waals surface area contributed by atoms with Crippen molar-refractivity contribution in [2.45, 2.75) is 71.3 Å². The topological polar surface area (TPSA) is 42.3 Å². The van der Waals surface area contributed by atoms with E-state index in [4.69, 9.17) is 0 Å². The molecule has 156 valence electrons. The Balaban J connectivity index is 0.00000280. The average Bonchev–Trinajstić information content (AvgIpc) is 2.83. The number of halogens is 1. The molecule has 0 radical (unpaired) electrons. The van der Waals surface area contributed by atoms with Gasteiger partial charge in [-0.25, -0.2) is 0 Å². The fourth-order valence-corrected chi connectivity index (χ4v) is 4.92. The molecule has 4 nitrogen and oxygen atoms in total. The number of hydrogen-bond acceptors (Lipinski definition) is 4. The Morgan fingerprint density at radius 3 is 2.46 bits per heavy atom. The van der Waals surface area contributed by atoms with E-state index in [2.05, 4.69) is 4.90 Å². The van der Waals surface area contributed by atoms with Crippen LogP contribution in [0.5, 0.6) is 0 Å². The van der Waals surface area contributed by atoms with E-state index in [1.807, 2.05) is 29.7 Å². The second-order valence-electron chi connectivity index (χ2n) is 7.69. The minimum absolute atomic E-state index is 0. The summed E-state index contributed by atoms with van der Waals surface area (Å²) in [6.45, 7) is 6.50. The van der Waals surface area contributed by atoms with Crippen molar-refractivity contribution in [1.29, 1.82) is 0 Å². The Bertz CT molecular complexity index is 806. The number of aromatic nitrogens is 1. The summed E-state index contributed by atoms with van der Waals surface area (Å²) in [5.74, 6) is 0.167. The second kappa shape index (κ2) is 11.7. The second-order valence-corrected chi connectivity index (χ2v) is 8.68. The number of carbonyl (C=O) groups is 1. The van der Waals surface area contributed by atoms with Crippen molar-refractivity contribution < 1.29 is 4.79 Å². The van der Waals surface area contributed by atoms with Crippen LogP contribution in [0.15, 0.2) is 23.0 Å². The largest absolute Gasteiger partial charge is 0.308 e. The molecule has 1 aromatic heterocycles. The minimum atomic E-state index is 0. The Hall–Kier alpha value is -1.17. The zero-order chi connectivity index (χ0) is 19.1. The number of unbranched alkanes of at least 4 members (excludes halogenated alkanes) is 2. The van der Waals surface area contributed by atoms with Gasteiger partial charge in [-0.15, -0.1) is 12.4 Å². The minimum Gasteiger partial charge on any atom is -0.303 e. The molecular formula is C22H33ClN2O2S. The van der Waals surface area contributed by atoms with Gasteiger partial charge in [-0.2, -0.15) is 0 Å². The van der Waals surface area contributed by atoms with Crippen LogP contribution >= 0.6 is 23.7 Å². The number of nitrogens with zero attached hydrogens (tertiary/aromatic N) is 2. The van der Waals surface area contributed by atoms with Crippen LogP contribution in [0.1, 0.15) is 75.1 Å². The van der Waals surface area contributed by atoms with Gasteiger partial charge < -0.3 is 4.90 Å². The van der Waals surface area contributed by atoms with Gasteiger partial charge in [0, 0.05) is 18.5 Å². The van der Waals surface area contributed by atoms with E-state index in [0.717, 1.165) is 41.6 Å². The lowest BCUT2D eigenvalue weighted by atomic mass is 10.1. The number of benzene rings is 1. The number of fused-ring (bicyclic) bond motifs is 1. The first-order valence-corrected chi connectivity index (χ1v) is 11.4. The van der Waals surface area contributed by atoms with Crippen LogP contribution in [0, 0.1) is 0 Å². The van der Waals surface area contributed by atoms with Gasteiger partial charge in [-0.3, -0.25) is 14.2 Å². The first-order valence-electron chi connectivity index (χ1n) is 10.6. The lowest BCUT2D eigenvalue weighted by Gasteiger charge is -2.19. The van der Waals surface area contributed by atoms with Gasteiger partial charge in [0.25, 0.3) is 0 Å². The molecule has 2 aromatic rings. The molecular weight excluding hydrogens is 392 g/mol. The Morgan fingerprint density at radius 2 is 1.75 bits per heavy atom. The lowest BCUT2D eigenvalue weighted by molar-refractivity contribution is 0.0982. The van der Waals surface area contributed by atoms with Crippen molar-refractivity contribution >= 4 is 39.7 Å². The van der Waals surface area contributed by atoms with Crippen molar-refractivity contribution in [2.75, 3.05) is 19.6 Å². The van der Waals surface area contributed by atoms with Crippen LogP contribution in [0.4, 0.5) is 0 Å². The molecule has 1 fully saturated rings. The van der Waals surface area contributed by atoms with Crippen molar-refractivity contribution in [3.05, 3.63) is 33.4 Å². The van der Waals surface area contributed by atoms with Gasteiger partial charge in [0.15, 0.2) is 5.78 Å². The van der Waals surface area contributed by atoms with Gasteiger partial charge in [0.05, 0.1) is 10.2 Å². The average molecular weight is 425 g/mol. The molecule has 0 atom stereocenters. The lowest BCUT2D eigenvalue weighted by Crippen LogP contribution is -2.25. The third-order valence-electron chi connectivity index (χ3n) is 5.52. The summed E-state index contributed by atoms with van der Waals surface area (Å²) in [5, 5.41) is 0. The molecule has 2 heterocycles. The van der Waals surface area contributed by atoms with Gasteiger partial charge in [0.2, 0.25) is 0 Å². The third kappa shape index (κ3) is 6.16. The highest BCUT2D eigenvalue weighted by Gasteiger charge is 2.12. The Kier molecular flexibility index (Phi) is 9.69. The summed E-state index contributed by atoms with van der Waals surface area (Å²) in [6.07, 6.45) is 10.3. The zero-order valence-electron chi connectivity index (χ0n) is 17.0. The maximum Gasteiger partial charge on any atom is 0.308 e. The van der Waals surface area contributed by atoms with E-state index in [-0.39, 0.29) is 23.1 Å².